The van der Waals surface area contributed by atoms with Crippen LogP contribution in [0.5, 0.6) is 0 Å². The topological polar surface area (TPSA) is 38.0 Å². The van der Waals surface area contributed by atoms with E-state index in [4.69, 9.17) is 5.73 Å². The van der Waals surface area contributed by atoms with Gasteiger partial charge < -0.3 is 11.1 Å². The largest absolute Gasteiger partial charge is 0.330 e. The summed E-state index contributed by atoms with van der Waals surface area (Å²) < 4.78 is 0. The van der Waals surface area contributed by atoms with Gasteiger partial charge in [0.2, 0.25) is 0 Å². The van der Waals surface area contributed by atoms with E-state index in [1.165, 1.54) is 25.7 Å². The summed E-state index contributed by atoms with van der Waals surface area (Å²) in [5.41, 5.74) is 6.66. The Balaban J connectivity index is 2.14. The Morgan fingerprint density at radius 1 is 1.36 bits per heavy atom. The predicted molar refractivity (Wildman–Crippen MR) is 62.3 cm³/mol. The van der Waals surface area contributed by atoms with Crippen LogP contribution in [0.25, 0.3) is 0 Å². The molecule has 2 nitrogen and oxygen atoms in total. The summed E-state index contributed by atoms with van der Waals surface area (Å²) in [6.07, 6.45) is 5.22. The van der Waals surface area contributed by atoms with E-state index in [2.05, 4.69) is 26.1 Å². The molecule has 1 aliphatic carbocycles. The highest BCUT2D eigenvalue weighted by atomic mass is 14.9. The first-order valence-electron chi connectivity index (χ1n) is 5.94. The quantitative estimate of drug-likeness (QED) is 0.658. The lowest BCUT2D eigenvalue weighted by Crippen LogP contribution is -2.35. The Morgan fingerprint density at radius 2 is 2.00 bits per heavy atom. The Hall–Kier alpha value is -0.0800. The van der Waals surface area contributed by atoms with E-state index in [1.807, 2.05) is 0 Å². The molecule has 0 aliphatic heterocycles. The maximum atomic E-state index is 5.74. The van der Waals surface area contributed by atoms with Crippen LogP contribution < -0.4 is 11.1 Å². The van der Waals surface area contributed by atoms with E-state index in [0.717, 1.165) is 19.6 Å². The highest BCUT2D eigenvalue weighted by Crippen LogP contribution is 2.43. The van der Waals surface area contributed by atoms with Gasteiger partial charge in [-0.05, 0) is 36.6 Å². The third-order valence-corrected chi connectivity index (χ3v) is 3.42. The number of hydrogen-bond acceptors (Lipinski definition) is 2. The van der Waals surface area contributed by atoms with Gasteiger partial charge in [-0.25, -0.2) is 0 Å². The van der Waals surface area contributed by atoms with Crippen LogP contribution in [0.3, 0.4) is 0 Å². The second kappa shape index (κ2) is 4.63. The lowest BCUT2D eigenvalue weighted by Gasteiger charge is -2.25. The fourth-order valence-electron chi connectivity index (χ4n) is 2.06. The van der Waals surface area contributed by atoms with Crippen molar-refractivity contribution in [1.82, 2.24) is 5.32 Å². The Kier molecular flexibility index (Phi) is 3.96. The summed E-state index contributed by atoms with van der Waals surface area (Å²) in [7, 11) is 0. The smallest absolute Gasteiger partial charge is 0.00201 e. The highest BCUT2D eigenvalue weighted by molar-refractivity contribution is 4.95. The van der Waals surface area contributed by atoms with Crippen LogP contribution in [0.4, 0.5) is 0 Å². The average molecular weight is 198 g/mol. The number of rotatable bonds is 7. The van der Waals surface area contributed by atoms with E-state index in [9.17, 15) is 0 Å². The zero-order chi connectivity index (χ0) is 10.7. The molecule has 0 radical (unpaired) electrons. The molecule has 1 rings (SSSR count). The first-order chi connectivity index (χ1) is 6.54. The Morgan fingerprint density at radius 3 is 2.43 bits per heavy atom. The molecule has 0 aromatic carbocycles. The highest BCUT2D eigenvalue weighted by Gasteiger charge is 2.40. The van der Waals surface area contributed by atoms with Crippen LogP contribution in [0.2, 0.25) is 0 Å². The summed E-state index contributed by atoms with van der Waals surface area (Å²) in [4.78, 5) is 0. The Labute approximate surface area is 88.6 Å². The van der Waals surface area contributed by atoms with E-state index in [0.29, 0.717) is 10.8 Å². The summed E-state index contributed by atoms with van der Waals surface area (Å²) >= 11 is 0. The van der Waals surface area contributed by atoms with Crippen LogP contribution in [0, 0.1) is 10.8 Å². The molecular formula is C12H26N2. The molecule has 0 bridgehead atoms. The van der Waals surface area contributed by atoms with E-state index >= 15 is 0 Å². The molecule has 0 aromatic heterocycles. The maximum Gasteiger partial charge on any atom is 0.00201 e. The fraction of sp³-hybridized carbons (Fsp3) is 1.00. The molecule has 1 fully saturated rings. The van der Waals surface area contributed by atoms with Crippen molar-refractivity contribution in [3.63, 3.8) is 0 Å². The minimum atomic E-state index is 0.444. The molecule has 0 atom stereocenters. The van der Waals surface area contributed by atoms with E-state index in [1.54, 1.807) is 0 Å². The second-order valence-electron chi connectivity index (χ2n) is 5.72. The van der Waals surface area contributed by atoms with Gasteiger partial charge >= 0.3 is 0 Å². The van der Waals surface area contributed by atoms with Gasteiger partial charge in [0.25, 0.3) is 0 Å². The minimum absolute atomic E-state index is 0.444. The van der Waals surface area contributed by atoms with Gasteiger partial charge in [-0.1, -0.05) is 27.2 Å². The average Bonchev–Trinajstić information content (AvgIpc) is 2.85. The zero-order valence-corrected chi connectivity index (χ0v) is 10.0. The molecule has 0 aromatic rings. The second-order valence-corrected chi connectivity index (χ2v) is 5.72. The van der Waals surface area contributed by atoms with Crippen LogP contribution in [-0.2, 0) is 0 Å². The molecule has 84 valence electrons. The maximum absolute atomic E-state index is 5.74. The number of hydrogen-bond donors (Lipinski definition) is 2. The molecule has 0 spiro atoms. The lowest BCUT2D eigenvalue weighted by atomic mass is 9.88. The molecule has 1 aliphatic rings. The molecule has 0 heterocycles. The lowest BCUT2D eigenvalue weighted by molar-refractivity contribution is 0.298. The standard InChI is InChI=1S/C12H26N2/c1-4-5-11(2,3)9-14-10-12(8-13)6-7-12/h14H,4-10,13H2,1-3H3. The molecule has 0 saturated heterocycles. The summed E-state index contributed by atoms with van der Waals surface area (Å²) in [5.74, 6) is 0. The monoisotopic (exact) mass is 198 g/mol. The van der Waals surface area contributed by atoms with Crippen molar-refractivity contribution in [2.75, 3.05) is 19.6 Å². The van der Waals surface area contributed by atoms with Gasteiger partial charge in [-0.15, -0.1) is 0 Å². The van der Waals surface area contributed by atoms with Crippen LogP contribution >= 0.6 is 0 Å². The summed E-state index contributed by atoms with van der Waals surface area (Å²) in [6.45, 7) is 10.0. The first-order valence-corrected chi connectivity index (χ1v) is 5.94. The molecule has 0 unspecified atom stereocenters. The third-order valence-electron chi connectivity index (χ3n) is 3.42. The van der Waals surface area contributed by atoms with Gasteiger partial charge in [-0.3, -0.25) is 0 Å². The fourth-order valence-corrected chi connectivity index (χ4v) is 2.06. The van der Waals surface area contributed by atoms with Crippen molar-refractivity contribution >= 4 is 0 Å². The van der Waals surface area contributed by atoms with Crippen molar-refractivity contribution in [2.45, 2.75) is 46.5 Å². The normalized spacial score (nSPS) is 19.7. The summed E-state index contributed by atoms with van der Waals surface area (Å²) in [5, 5.41) is 3.58. The summed E-state index contributed by atoms with van der Waals surface area (Å²) in [6, 6.07) is 0. The van der Waals surface area contributed by atoms with Gasteiger partial charge in [-0.2, -0.15) is 0 Å². The number of nitrogens with one attached hydrogen (secondary N) is 1. The predicted octanol–water partition coefficient (Wildman–Crippen LogP) is 2.14. The zero-order valence-electron chi connectivity index (χ0n) is 10.0. The SMILES string of the molecule is CCCC(C)(C)CNCC1(CN)CC1. The van der Waals surface area contributed by atoms with Gasteiger partial charge in [0.15, 0.2) is 0 Å². The van der Waals surface area contributed by atoms with Gasteiger partial charge in [0.05, 0.1) is 0 Å². The van der Waals surface area contributed by atoms with E-state index in [-0.39, 0.29) is 0 Å². The van der Waals surface area contributed by atoms with Crippen LogP contribution in [0.1, 0.15) is 46.5 Å². The number of nitrogens with two attached hydrogens (primary N) is 1. The molecule has 2 heteroatoms. The van der Waals surface area contributed by atoms with Crippen molar-refractivity contribution in [3.8, 4) is 0 Å². The molecule has 0 amide bonds. The van der Waals surface area contributed by atoms with Crippen LogP contribution in [-0.4, -0.2) is 19.6 Å². The molecule has 3 N–H and O–H groups in total. The first kappa shape index (κ1) is 12.0. The third kappa shape index (κ3) is 3.58. The molecule has 14 heavy (non-hydrogen) atoms. The minimum Gasteiger partial charge on any atom is -0.330 e. The molecular weight excluding hydrogens is 172 g/mol. The van der Waals surface area contributed by atoms with Crippen molar-refractivity contribution in [3.05, 3.63) is 0 Å². The van der Waals surface area contributed by atoms with Crippen molar-refractivity contribution in [1.29, 1.82) is 0 Å². The van der Waals surface area contributed by atoms with Crippen LogP contribution in [0.15, 0.2) is 0 Å². The van der Waals surface area contributed by atoms with Crippen molar-refractivity contribution < 1.29 is 0 Å². The Bertz CT molecular complexity index is 171. The van der Waals surface area contributed by atoms with Gasteiger partial charge in [0.1, 0.15) is 0 Å². The van der Waals surface area contributed by atoms with Crippen molar-refractivity contribution in [2.24, 2.45) is 16.6 Å². The van der Waals surface area contributed by atoms with E-state index < -0.39 is 0 Å². The van der Waals surface area contributed by atoms with Gasteiger partial charge in [0, 0.05) is 13.1 Å². The molecule has 1 saturated carbocycles.